The summed E-state index contributed by atoms with van der Waals surface area (Å²) in [7, 11) is 0. The summed E-state index contributed by atoms with van der Waals surface area (Å²) in [6.07, 6.45) is 3.29. The monoisotopic (exact) mass is 276 g/mol. The standard InChI is InChI=1S/C19H16O2/c1-3-14-5-9-16(10-6-14)18(20)13-19(21)17-11-7-15(4-2)8-12-17/h3-12H,1-2,13H2. The molecule has 0 unspecified atom stereocenters. The Morgan fingerprint density at radius 3 is 1.33 bits per heavy atom. The molecule has 0 spiro atoms. The molecule has 2 nitrogen and oxygen atoms in total. The molecule has 2 aromatic rings. The Morgan fingerprint density at radius 2 is 1.05 bits per heavy atom. The van der Waals surface area contributed by atoms with Crippen LogP contribution in [0.3, 0.4) is 0 Å². The Bertz CT molecular complexity index is 615. The highest BCUT2D eigenvalue weighted by Gasteiger charge is 2.13. The lowest BCUT2D eigenvalue weighted by molar-refractivity contribution is 0.0894. The predicted octanol–water partition coefficient (Wildman–Crippen LogP) is 4.43. The van der Waals surface area contributed by atoms with Crippen LogP contribution in [-0.4, -0.2) is 11.6 Å². The van der Waals surface area contributed by atoms with Crippen molar-refractivity contribution in [2.75, 3.05) is 0 Å². The van der Waals surface area contributed by atoms with E-state index in [2.05, 4.69) is 13.2 Å². The summed E-state index contributed by atoms with van der Waals surface area (Å²) in [5.41, 5.74) is 2.96. The second-order valence-corrected chi connectivity index (χ2v) is 4.68. The van der Waals surface area contributed by atoms with Crippen molar-refractivity contribution in [3.05, 3.63) is 83.9 Å². The van der Waals surface area contributed by atoms with Gasteiger partial charge in [-0.1, -0.05) is 73.8 Å². The second-order valence-electron chi connectivity index (χ2n) is 4.68. The van der Waals surface area contributed by atoms with Crippen molar-refractivity contribution < 1.29 is 9.59 Å². The molecule has 0 aliphatic rings. The van der Waals surface area contributed by atoms with Gasteiger partial charge in [0.25, 0.3) is 0 Å². The van der Waals surface area contributed by atoms with E-state index in [0.29, 0.717) is 11.1 Å². The number of carbonyl (C=O) groups is 2. The molecule has 0 bridgehead atoms. The van der Waals surface area contributed by atoms with Crippen LogP contribution in [-0.2, 0) is 0 Å². The lowest BCUT2D eigenvalue weighted by Gasteiger charge is -2.03. The van der Waals surface area contributed by atoms with Crippen molar-refractivity contribution >= 4 is 23.7 Å². The topological polar surface area (TPSA) is 34.1 Å². The highest BCUT2D eigenvalue weighted by molar-refractivity contribution is 6.13. The molecule has 0 saturated carbocycles. The molecule has 0 N–H and O–H groups in total. The number of rotatable bonds is 6. The first kappa shape index (κ1) is 14.7. The molecular formula is C19H16O2. The second kappa shape index (κ2) is 6.62. The molecule has 0 aromatic heterocycles. The summed E-state index contributed by atoms with van der Waals surface area (Å²) in [6.45, 7) is 7.32. The van der Waals surface area contributed by atoms with Gasteiger partial charge in [0.15, 0.2) is 11.6 Å². The van der Waals surface area contributed by atoms with E-state index < -0.39 is 0 Å². The van der Waals surface area contributed by atoms with Crippen molar-refractivity contribution in [2.45, 2.75) is 6.42 Å². The Labute approximate surface area is 124 Å². The van der Waals surface area contributed by atoms with Gasteiger partial charge in [0, 0.05) is 11.1 Å². The van der Waals surface area contributed by atoms with Gasteiger partial charge in [0.1, 0.15) is 0 Å². The SMILES string of the molecule is C=Cc1ccc(C(=O)CC(=O)c2ccc(C=C)cc2)cc1. The molecule has 104 valence electrons. The van der Waals surface area contributed by atoms with Crippen molar-refractivity contribution in [1.29, 1.82) is 0 Å². The first-order valence-electron chi connectivity index (χ1n) is 6.65. The maximum Gasteiger partial charge on any atom is 0.170 e. The number of hydrogen-bond donors (Lipinski definition) is 0. The lowest BCUT2D eigenvalue weighted by Crippen LogP contribution is -2.08. The first-order valence-corrected chi connectivity index (χ1v) is 6.65. The Hall–Kier alpha value is -2.74. The Kier molecular flexibility index (Phi) is 4.62. The molecule has 2 heteroatoms. The number of benzene rings is 2. The maximum atomic E-state index is 12.1. The molecule has 0 atom stereocenters. The Balaban J connectivity index is 2.08. The maximum absolute atomic E-state index is 12.1. The number of ketones is 2. The van der Waals surface area contributed by atoms with Gasteiger partial charge in [0.05, 0.1) is 6.42 Å². The van der Waals surface area contributed by atoms with Gasteiger partial charge in [-0.25, -0.2) is 0 Å². The first-order chi connectivity index (χ1) is 10.1. The molecule has 0 fully saturated rings. The fraction of sp³-hybridized carbons (Fsp3) is 0.0526. The lowest BCUT2D eigenvalue weighted by atomic mass is 10.00. The number of hydrogen-bond acceptors (Lipinski definition) is 2. The third kappa shape index (κ3) is 3.63. The van der Waals surface area contributed by atoms with Crippen LogP contribution in [0.25, 0.3) is 12.2 Å². The van der Waals surface area contributed by atoms with Gasteiger partial charge in [-0.15, -0.1) is 0 Å². The average Bonchev–Trinajstić information content (AvgIpc) is 2.55. The molecular weight excluding hydrogens is 260 g/mol. The largest absolute Gasteiger partial charge is 0.294 e. The van der Waals surface area contributed by atoms with E-state index in [0.717, 1.165) is 11.1 Å². The summed E-state index contributed by atoms with van der Waals surface area (Å²) >= 11 is 0. The minimum absolute atomic E-state index is 0.124. The van der Waals surface area contributed by atoms with E-state index in [-0.39, 0.29) is 18.0 Å². The van der Waals surface area contributed by atoms with E-state index in [4.69, 9.17) is 0 Å². The van der Waals surface area contributed by atoms with Gasteiger partial charge in [-0.3, -0.25) is 9.59 Å². The van der Waals surface area contributed by atoms with Crippen molar-refractivity contribution in [1.82, 2.24) is 0 Å². The highest BCUT2D eigenvalue weighted by Crippen LogP contribution is 2.12. The number of Topliss-reactive ketones (excluding diaryl/α,β-unsaturated/α-hetero) is 2. The zero-order chi connectivity index (χ0) is 15.2. The van der Waals surface area contributed by atoms with Crippen molar-refractivity contribution in [3.63, 3.8) is 0 Å². The van der Waals surface area contributed by atoms with Crippen LogP contribution in [0.5, 0.6) is 0 Å². The molecule has 2 rings (SSSR count). The van der Waals surface area contributed by atoms with Gasteiger partial charge in [-0.2, -0.15) is 0 Å². The molecule has 0 aliphatic carbocycles. The van der Waals surface area contributed by atoms with E-state index in [9.17, 15) is 9.59 Å². The minimum atomic E-state index is -0.177. The van der Waals surface area contributed by atoms with Gasteiger partial charge < -0.3 is 0 Å². The fourth-order valence-corrected chi connectivity index (χ4v) is 1.96. The van der Waals surface area contributed by atoms with Crippen LogP contribution in [0.4, 0.5) is 0 Å². The summed E-state index contributed by atoms with van der Waals surface area (Å²) in [4.78, 5) is 24.2. The van der Waals surface area contributed by atoms with Gasteiger partial charge in [-0.05, 0) is 11.1 Å². The average molecular weight is 276 g/mol. The molecule has 0 radical (unpaired) electrons. The minimum Gasteiger partial charge on any atom is -0.294 e. The summed E-state index contributed by atoms with van der Waals surface area (Å²) in [6, 6.07) is 14.1. The summed E-state index contributed by atoms with van der Waals surface area (Å²) in [5, 5.41) is 0. The number of carbonyl (C=O) groups excluding carboxylic acids is 2. The van der Waals surface area contributed by atoms with E-state index >= 15 is 0 Å². The smallest absolute Gasteiger partial charge is 0.170 e. The zero-order valence-corrected chi connectivity index (χ0v) is 11.7. The van der Waals surface area contributed by atoms with E-state index in [1.54, 1.807) is 36.4 Å². The van der Waals surface area contributed by atoms with E-state index in [1.807, 2.05) is 24.3 Å². The normalized spacial score (nSPS) is 9.90. The third-order valence-corrected chi connectivity index (χ3v) is 3.26. The van der Waals surface area contributed by atoms with Gasteiger partial charge in [0.2, 0.25) is 0 Å². The van der Waals surface area contributed by atoms with Crippen LogP contribution >= 0.6 is 0 Å². The molecule has 0 aliphatic heterocycles. The fourth-order valence-electron chi connectivity index (χ4n) is 1.96. The van der Waals surface area contributed by atoms with Crippen LogP contribution < -0.4 is 0 Å². The molecule has 0 saturated heterocycles. The highest BCUT2D eigenvalue weighted by atomic mass is 16.1. The quantitative estimate of drug-likeness (QED) is 0.578. The molecule has 2 aromatic carbocycles. The van der Waals surface area contributed by atoms with Crippen LogP contribution in [0.1, 0.15) is 38.3 Å². The zero-order valence-electron chi connectivity index (χ0n) is 11.7. The predicted molar refractivity (Wildman–Crippen MR) is 86.3 cm³/mol. The van der Waals surface area contributed by atoms with Crippen LogP contribution in [0, 0.1) is 0 Å². The Morgan fingerprint density at radius 1 is 0.714 bits per heavy atom. The van der Waals surface area contributed by atoms with Crippen LogP contribution in [0.2, 0.25) is 0 Å². The van der Waals surface area contributed by atoms with Crippen molar-refractivity contribution in [3.8, 4) is 0 Å². The van der Waals surface area contributed by atoms with Crippen LogP contribution in [0.15, 0.2) is 61.7 Å². The van der Waals surface area contributed by atoms with Crippen molar-refractivity contribution in [2.24, 2.45) is 0 Å². The molecule has 0 heterocycles. The van der Waals surface area contributed by atoms with Gasteiger partial charge >= 0.3 is 0 Å². The van der Waals surface area contributed by atoms with E-state index in [1.165, 1.54) is 0 Å². The molecule has 0 amide bonds. The summed E-state index contributed by atoms with van der Waals surface area (Å²) < 4.78 is 0. The molecule has 21 heavy (non-hydrogen) atoms. The summed E-state index contributed by atoms with van der Waals surface area (Å²) in [5.74, 6) is -0.355. The third-order valence-electron chi connectivity index (χ3n) is 3.26.